The van der Waals surface area contributed by atoms with Crippen molar-refractivity contribution in [2.24, 2.45) is 0 Å². The van der Waals surface area contributed by atoms with E-state index in [1.54, 1.807) is 19.2 Å². The lowest BCUT2D eigenvalue weighted by Crippen LogP contribution is -2.26. The molecule has 2 heterocycles. The first-order chi connectivity index (χ1) is 19.5. The first kappa shape index (κ1) is 28.1. The van der Waals surface area contributed by atoms with Gasteiger partial charge in [-0.25, -0.2) is 19.2 Å². The number of alkyl halides is 3. The van der Waals surface area contributed by atoms with Crippen molar-refractivity contribution in [3.8, 4) is 11.3 Å². The maximum atomic E-state index is 15.6. The van der Waals surface area contributed by atoms with E-state index in [0.29, 0.717) is 28.6 Å². The van der Waals surface area contributed by atoms with Gasteiger partial charge in [0.1, 0.15) is 28.7 Å². The second-order valence-corrected chi connectivity index (χ2v) is 10.0. The zero-order valence-electron chi connectivity index (χ0n) is 22.7. The number of carbonyl (C=O) groups excluding carboxylic acids is 1. The van der Waals surface area contributed by atoms with Gasteiger partial charge in [0.2, 0.25) is 0 Å². The number of benzene rings is 2. The number of nitrogen functional groups attached to an aromatic ring is 1. The number of aryl methyl sites for hydroxylation is 2. The highest BCUT2D eigenvalue weighted by Gasteiger charge is 2.30. The summed E-state index contributed by atoms with van der Waals surface area (Å²) < 4.78 is 56.5. The van der Waals surface area contributed by atoms with E-state index in [0.717, 1.165) is 48.7 Å². The average Bonchev–Trinajstić information content (AvgIpc) is 3.28. The molecule has 4 aromatic rings. The summed E-state index contributed by atoms with van der Waals surface area (Å²) in [6, 6.07) is 6.51. The van der Waals surface area contributed by atoms with E-state index in [1.807, 2.05) is 18.4 Å². The second-order valence-electron chi connectivity index (χ2n) is 10.0. The van der Waals surface area contributed by atoms with E-state index >= 15 is 4.39 Å². The van der Waals surface area contributed by atoms with Gasteiger partial charge in [0.15, 0.2) is 0 Å². The van der Waals surface area contributed by atoms with E-state index < -0.39 is 23.6 Å². The van der Waals surface area contributed by atoms with Crippen molar-refractivity contribution in [3.63, 3.8) is 0 Å². The summed E-state index contributed by atoms with van der Waals surface area (Å²) in [7, 11) is 1.94. The average molecular weight is 568 g/mol. The van der Waals surface area contributed by atoms with Gasteiger partial charge >= 0.3 is 12.2 Å². The van der Waals surface area contributed by atoms with Gasteiger partial charge in [0.25, 0.3) is 0 Å². The van der Waals surface area contributed by atoms with E-state index in [1.165, 1.54) is 12.1 Å². The Balaban J connectivity index is 1.45. The fraction of sp³-hybridized carbons (Fsp3) is 0.276. The maximum absolute atomic E-state index is 15.6. The third-order valence-corrected chi connectivity index (χ3v) is 7.27. The third kappa shape index (κ3) is 5.60. The highest BCUT2D eigenvalue weighted by Crippen LogP contribution is 2.36. The number of anilines is 3. The molecule has 1 atom stereocenters. The molecule has 1 aliphatic carbocycles. The molecule has 2 aromatic heterocycles. The predicted molar refractivity (Wildman–Crippen MR) is 151 cm³/mol. The van der Waals surface area contributed by atoms with Crippen LogP contribution >= 0.6 is 0 Å². The molecule has 214 valence electrons. The molecule has 5 rings (SSSR count). The Kier molecular flexibility index (Phi) is 7.43. The Labute approximate surface area is 233 Å². The second kappa shape index (κ2) is 10.8. The first-order valence-electron chi connectivity index (χ1n) is 13.0. The highest BCUT2D eigenvalue weighted by molar-refractivity contribution is 6.00. The van der Waals surface area contributed by atoms with Crippen molar-refractivity contribution < 1.29 is 22.4 Å². The number of rotatable bonds is 5. The number of urea groups is 1. The van der Waals surface area contributed by atoms with Gasteiger partial charge in [-0.05, 0) is 81.6 Å². The number of aromatic nitrogens is 3. The van der Waals surface area contributed by atoms with Crippen LogP contribution in [0.3, 0.4) is 0 Å². The Morgan fingerprint density at radius 1 is 1.15 bits per heavy atom. The summed E-state index contributed by atoms with van der Waals surface area (Å²) in [5.74, 6) is 0.160. The van der Waals surface area contributed by atoms with Gasteiger partial charge in [-0.1, -0.05) is 12.1 Å². The number of carbonyl (C=O) groups is 1. The van der Waals surface area contributed by atoms with Crippen LogP contribution in [0.2, 0.25) is 0 Å². The summed E-state index contributed by atoms with van der Waals surface area (Å²) in [5, 5.41) is 8.15. The molecule has 2 amide bonds. The monoisotopic (exact) mass is 567 g/mol. The summed E-state index contributed by atoms with van der Waals surface area (Å²) >= 11 is 0. The van der Waals surface area contributed by atoms with Crippen molar-refractivity contribution in [1.29, 1.82) is 0 Å². The van der Waals surface area contributed by atoms with Crippen molar-refractivity contribution >= 4 is 34.3 Å². The maximum Gasteiger partial charge on any atom is 0.416 e. The van der Waals surface area contributed by atoms with Crippen molar-refractivity contribution in [3.05, 3.63) is 77.1 Å². The molecule has 0 spiro atoms. The lowest BCUT2D eigenvalue weighted by atomic mass is 9.93. The number of amides is 2. The van der Waals surface area contributed by atoms with Crippen LogP contribution in [0.1, 0.15) is 41.9 Å². The summed E-state index contributed by atoms with van der Waals surface area (Å²) in [6.45, 7) is 3.49. The van der Waals surface area contributed by atoms with Crippen molar-refractivity contribution in [1.82, 2.24) is 19.7 Å². The van der Waals surface area contributed by atoms with Gasteiger partial charge in [-0.15, -0.1) is 0 Å². The van der Waals surface area contributed by atoms with Crippen molar-refractivity contribution in [2.75, 3.05) is 23.4 Å². The smallest absolute Gasteiger partial charge is 0.382 e. The molecular weight excluding hydrogens is 538 g/mol. The van der Waals surface area contributed by atoms with Gasteiger partial charge < -0.3 is 21.7 Å². The summed E-state index contributed by atoms with van der Waals surface area (Å²) in [4.78, 5) is 21.6. The van der Waals surface area contributed by atoms with Crippen LogP contribution in [0.4, 0.5) is 39.5 Å². The molecule has 8 nitrogen and oxygen atoms in total. The van der Waals surface area contributed by atoms with Crippen molar-refractivity contribution in [2.45, 2.75) is 45.3 Å². The number of nitrogens with zero attached hydrogens (tertiary/aromatic N) is 3. The lowest BCUT2D eigenvalue weighted by Gasteiger charge is -2.22. The molecule has 2 aromatic carbocycles. The number of nitrogens with two attached hydrogens (primary N) is 1. The summed E-state index contributed by atoms with van der Waals surface area (Å²) in [6.07, 6.45) is 2.02. The van der Waals surface area contributed by atoms with Crippen LogP contribution in [0.5, 0.6) is 0 Å². The van der Waals surface area contributed by atoms with E-state index in [9.17, 15) is 18.0 Å². The van der Waals surface area contributed by atoms with Crippen LogP contribution < -0.4 is 21.7 Å². The van der Waals surface area contributed by atoms with Gasteiger partial charge in [0.05, 0.1) is 17.5 Å². The Morgan fingerprint density at radius 2 is 1.93 bits per heavy atom. The zero-order valence-corrected chi connectivity index (χ0v) is 22.7. The number of fused-ring (bicyclic) bond motifs is 1. The molecule has 1 aliphatic rings. The minimum absolute atomic E-state index is 0.0552. The molecule has 0 aliphatic heterocycles. The molecule has 41 heavy (non-hydrogen) atoms. The molecule has 0 saturated carbocycles. The lowest BCUT2D eigenvalue weighted by molar-refractivity contribution is -0.137. The normalized spacial score (nSPS) is 15.6. The Hall–Kier alpha value is -4.45. The van der Waals surface area contributed by atoms with E-state index in [-0.39, 0.29) is 22.8 Å². The number of hydrogen-bond acceptors (Lipinski definition) is 5. The Morgan fingerprint density at radius 3 is 2.61 bits per heavy atom. The number of allylic oxidation sites excluding steroid dienone is 1. The SMILES string of the molecule is CNC1CC=C(c2cnc(N)c3c(-c4cc(C)c(NC(=O)Nc5cccc(C(F)(F)F)c5)cc4F)nc(C)n23)CC1. The third-order valence-electron chi connectivity index (χ3n) is 7.27. The van der Waals surface area contributed by atoms with E-state index in [4.69, 9.17) is 5.73 Å². The van der Waals surface area contributed by atoms with Crippen LogP contribution in [-0.4, -0.2) is 33.5 Å². The largest absolute Gasteiger partial charge is 0.416 e. The zero-order chi connectivity index (χ0) is 29.5. The molecule has 12 heteroatoms. The quantitative estimate of drug-likeness (QED) is 0.205. The fourth-order valence-corrected chi connectivity index (χ4v) is 5.11. The fourth-order valence-electron chi connectivity index (χ4n) is 5.11. The molecule has 0 fully saturated rings. The molecule has 1 unspecified atom stereocenters. The molecule has 5 N–H and O–H groups in total. The van der Waals surface area contributed by atoms with Gasteiger partial charge in [-0.2, -0.15) is 13.2 Å². The molecular formula is C29H29F4N7O. The molecule has 0 saturated heterocycles. The first-order valence-corrected chi connectivity index (χ1v) is 13.0. The number of nitrogens with one attached hydrogen (secondary N) is 3. The van der Waals surface area contributed by atoms with Gasteiger partial charge in [-0.3, -0.25) is 4.40 Å². The van der Waals surface area contributed by atoms with Crippen LogP contribution in [0.25, 0.3) is 22.3 Å². The van der Waals surface area contributed by atoms with E-state index in [2.05, 4.69) is 32.0 Å². The highest BCUT2D eigenvalue weighted by atomic mass is 19.4. The number of hydrogen-bond donors (Lipinski definition) is 4. The standard InChI is InChI=1S/C29H29F4N7O/c1-15-11-21(22(30)13-23(15)39-28(41)38-20-6-4-5-18(12-20)29(31,32)33)25-26-27(34)36-14-24(40(26)16(2)37-25)17-7-9-19(35-3)10-8-17/h4-7,11-14,19,35H,8-10H2,1-3H3,(H2,34,36)(H2,38,39,41). The summed E-state index contributed by atoms with van der Waals surface area (Å²) in [5.41, 5.74) is 8.93. The van der Waals surface area contributed by atoms with Crippen LogP contribution in [0.15, 0.2) is 48.7 Å². The molecule has 0 radical (unpaired) electrons. The Bertz CT molecular complexity index is 1680. The minimum atomic E-state index is -4.55. The van der Waals surface area contributed by atoms with Gasteiger partial charge in [0, 0.05) is 23.0 Å². The number of imidazole rings is 1. The minimum Gasteiger partial charge on any atom is -0.382 e. The number of halogens is 4. The predicted octanol–water partition coefficient (Wildman–Crippen LogP) is 6.55. The van der Waals surface area contributed by atoms with Crippen LogP contribution in [0, 0.1) is 19.7 Å². The topological polar surface area (TPSA) is 109 Å². The van der Waals surface area contributed by atoms with Crippen LogP contribution in [-0.2, 0) is 6.18 Å². The molecule has 0 bridgehead atoms.